The van der Waals surface area contributed by atoms with Crippen molar-refractivity contribution in [3.05, 3.63) is 17.7 Å². The molecule has 1 aromatic rings. The van der Waals surface area contributed by atoms with E-state index >= 15 is 0 Å². The first-order valence-corrected chi connectivity index (χ1v) is 6.73. The largest absolute Gasteiger partial charge is 0.493 e. The Morgan fingerprint density at radius 3 is 2.50 bits per heavy atom. The summed E-state index contributed by atoms with van der Waals surface area (Å²) in [5.74, 6) is 0.914. The van der Waals surface area contributed by atoms with E-state index in [4.69, 9.17) is 9.47 Å². The number of methoxy groups -OCH3 is 1. The number of hydrogen-bond donors (Lipinski definition) is 1. The molecule has 0 saturated heterocycles. The number of rotatable bonds is 6. The number of anilines is 1. The normalized spacial score (nSPS) is 13.8. The minimum Gasteiger partial charge on any atom is -0.493 e. The average molecular weight is 277 g/mol. The predicted molar refractivity (Wildman–Crippen MR) is 75.5 cm³/mol. The van der Waals surface area contributed by atoms with E-state index in [1.54, 1.807) is 12.1 Å². The SMILES string of the molecule is CCOc1cc(NC(=O)C2CC2)c(C(C)=O)cc1OC. The van der Waals surface area contributed by atoms with Crippen LogP contribution in [-0.2, 0) is 4.79 Å². The first kappa shape index (κ1) is 14.4. The minimum atomic E-state index is -0.127. The highest BCUT2D eigenvalue weighted by Gasteiger charge is 2.30. The molecule has 1 aliphatic rings. The summed E-state index contributed by atoms with van der Waals surface area (Å²) in [6.07, 6.45) is 1.82. The maximum absolute atomic E-state index is 11.9. The fraction of sp³-hybridized carbons (Fsp3) is 0.467. The maximum Gasteiger partial charge on any atom is 0.227 e. The van der Waals surface area contributed by atoms with Crippen LogP contribution in [0.15, 0.2) is 12.1 Å². The molecule has 5 nitrogen and oxygen atoms in total. The van der Waals surface area contributed by atoms with Gasteiger partial charge in [0.25, 0.3) is 0 Å². The van der Waals surface area contributed by atoms with Gasteiger partial charge in [-0.1, -0.05) is 0 Å². The summed E-state index contributed by atoms with van der Waals surface area (Å²) >= 11 is 0. The highest BCUT2D eigenvalue weighted by Crippen LogP contribution is 2.36. The van der Waals surface area contributed by atoms with Crippen molar-refractivity contribution in [1.29, 1.82) is 0 Å². The van der Waals surface area contributed by atoms with Gasteiger partial charge >= 0.3 is 0 Å². The van der Waals surface area contributed by atoms with Gasteiger partial charge in [0.1, 0.15) is 0 Å². The molecule has 1 saturated carbocycles. The van der Waals surface area contributed by atoms with Crippen molar-refractivity contribution in [2.24, 2.45) is 5.92 Å². The van der Waals surface area contributed by atoms with Gasteiger partial charge in [-0.15, -0.1) is 0 Å². The van der Waals surface area contributed by atoms with Gasteiger partial charge in [0.15, 0.2) is 17.3 Å². The molecule has 0 radical (unpaired) electrons. The fourth-order valence-corrected chi connectivity index (χ4v) is 1.96. The average Bonchev–Trinajstić information content (AvgIpc) is 3.23. The highest BCUT2D eigenvalue weighted by atomic mass is 16.5. The van der Waals surface area contributed by atoms with Gasteiger partial charge in [0, 0.05) is 17.5 Å². The summed E-state index contributed by atoms with van der Waals surface area (Å²) in [5, 5.41) is 2.81. The lowest BCUT2D eigenvalue weighted by molar-refractivity contribution is -0.117. The summed E-state index contributed by atoms with van der Waals surface area (Å²) in [6.45, 7) is 3.80. The predicted octanol–water partition coefficient (Wildman–Crippen LogP) is 2.65. The smallest absolute Gasteiger partial charge is 0.227 e. The van der Waals surface area contributed by atoms with Crippen LogP contribution in [0.2, 0.25) is 0 Å². The Morgan fingerprint density at radius 1 is 1.30 bits per heavy atom. The third-order valence-electron chi connectivity index (χ3n) is 3.19. The van der Waals surface area contributed by atoms with Crippen LogP contribution in [0.3, 0.4) is 0 Å². The molecule has 0 heterocycles. The number of Topliss-reactive ketones (excluding diaryl/α,β-unsaturated/α-hetero) is 1. The molecule has 20 heavy (non-hydrogen) atoms. The molecule has 0 aromatic heterocycles. The van der Waals surface area contributed by atoms with E-state index in [0.29, 0.717) is 29.4 Å². The van der Waals surface area contributed by atoms with Gasteiger partial charge in [-0.2, -0.15) is 0 Å². The van der Waals surface area contributed by atoms with Crippen LogP contribution in [0.5, 0.6) is 11.5 Å². The lowest BCUT2D eigenvalue weighted by Crippen LogP contribution is -2.16. The molecule has 5 heteroatoms. The van der Waals surface area contributed by atoms with Crippen molar-refractivity contribution < 1.29 is 19.1 Å². The fourth-order valence-electron chi connectivity index (χ4n) is 1.96. The molecule has 1 N–H and O–H groups in total. The van der Waals surface area contributed by atoms with E-state index in [-0.39, 0.29) is 17.6 Å². The van der Waals surface area contributed by atoms with Crippen molar-refractivity contribution in [2.75, 3.05) is 19.0 Å². The van der Waals surface area contributed by atoms with Gasteiger partial charge in [-0.25, -0.2) is 0 Å². The zero-order valence-electron chi connectivity index (χ0n) is 12.0. The Bertz CT molecular complexity index is 535. The number of ketones is 1. The Morgan fingerprint density at radius 2 is 2.00 bits per heavy atom. The van der Waals surface area contributed by atoms with Crippen LogP contribution >= 0.6 is 0 Å². The second-order valence-corrected chi connectivity index (χ2v) is 4.80. The third-order valence-corrected chi connectivity index (χ3v) is 3.19. The molecule has 1 amide bonds. The number of carbonyl (C=O) groups excluding carboxylic acids is 2. The summed E-state index contributed by atoms with van der Waals surface area (Å²) in [7, 11) is 1.52. The van der Waals surface area contributed by atoms with Crippen molar-refractivity contribution in [1.82, 2.24) is 0 Å². The standard InChI is InChI=1S/C15H19NO4/c1-4-20-14-8-12(16-15(18)10-5-6-10)11(9(2)17)7-13(14)19-3/h7-8,10H,4-6H2,1-3H3,(H,16,18). The first-order valence-electron chi connectivity index (χ1n) is 6.73. The molecule has 0 spiro atoms. The second kappa shape index (κ2) is 5.94. The zero-order chi connectivity index (χ0) is 14.7. The molecule has 0 atom stereocenters. The molecular weight excluding hydrogens is 258 g/mol. The van der Waals surface area contributed by atoms with E-state index < -0.39 is 0 Å². The highest BCUT2D eigenvalue weighted by molar-refractivity contribution is 6.05. The van der Waals surface area contributed by atoms with Crippen molar-refractivity contribution in [3.63, 3.8) is 0 Å². The molecule has 1 aliphatic carbocycles. The van der Waals surface area contributed by atoms with E-state index in [1.807, 2.05) is 6.92 Å². The number of ether oxygens (including phenoxy) is 2. The number of amides is 1. The number of benzene rings is 1. The Kier molecular flexibility index (Phi) is 4.27. The summed E-state index contributed by atoms with van der Waals surface area (Å²) in [4.78, 5) is 23.6. The van der Waals surface area contributed by atoms with E-state index in [2.05, 4.69) is 5.32 Å². The molecule has 1 aromatic carbocycles. The molecular formula is C15H19NO4. The van der Waals surface area contributed by atoms with Gasteiger partial charge in [0.2, 0.25) is 5.91 Å². The number of carbonyl (C=O) groups is 2. The van der Waals surface area contributed by atoms with Crippen LogP contribution in [0.4, 0.5) is 5.69 Å². The topological polar surface area (TPSA) is 64.6 Å². The van der Waals surface area contributed by atoms with Crippen LogP contribution in [-0.4, -0.2) is 25.4 Å². The minimum absolute atomic E-state index is 0.0416. The maximum atomic E-state index is 11.9. The summed E-state index contributed by atoms with van der Waals surface area (Å²) in [5.41, 5.74) is 0.915. The third kappa shape index (κ3) is 3.10. The number of hydrogen-bond acceptors (Lipinski definition) is 4. The monoisotopic (exact) mass is 277 g/mol. The Labute approximate surface area is 118 Å². The number of nitrogens with one attached hydrogen (secondary N) is 1. The van der Waals surface area contributed by atoms with Crippen LogP contribution in [0.25, 0.3) is 0 Å². The second-order valence-electron chi connectivity index (χ2n) is 4.80. The van der Waals surface area contributed by atoms with Gasteiger partial charge in [-0.05, 0) is 32.8 Å². The van der Waals surface area contributed by atoms with Crippen LogP contribution in [0.1, 0.15) is 37.0 Å². The van der Waals surface area contributed by atoms with Crippen LogP contribution < -0.4 is 14.8 Å². The lowest BCUT2D eigenvalue weighted by Gasteiger charge is -2.15. The molecule has 0 bridgehead atoms. The zero-order valence-corrected chi connectivity index (χ0v) is 12.0. The Balaban J connectivity index is 2.37. The summed E-state index contributed by atoms with van der Waals surface area (Å²) < 4.78 is 10.7. The Hall–Kier alpha value is -2.04. The van der Waals surface area contributed by atoms with Crippen molar-refractivity contribution in [2.45, 2.75) is 26.7 Å². The molecule has 0 unspecified atom stereocenters. The van der Waals surface area contributed by atoms with Gasteiger partial charge < -0.3 is 14.8 Å². The van der Waals surface area contributed by atoms with Gasteiger partial charge in [0.05, 0.1) is 19.4 Å². The molecule has 108 valence electrons. The molecule has 2 rings (SSSR count). The van der Waals surface area contributed by atoms with E-state index in [0.717, 1.165) is 12.8 Å². The van der Waals surface area contributed by atoms with E-state index in [9.17, 15) is 9.59 Å². The van der Waals surface area contributed by atoms with Crippen LogP contribution in [0, 0.1) is 5.92 Å². The molecule has 0 aliphatic heterocycles. The van der Waals surface area contributed by atoms with Gasteiger partial charge in [-0.3, -0.25) is 9.59 Å². The first-order chi connectivity index (χ1) is 9.56. The van der Waals surface area contributed by atoms with Crippen molar-refractivity contribution >= 4 is 17.4 Å². The summed E-state index contributed by atoms with van der Waals surface area (Å²) in [6, 6.07) is 3.26. The molecule has 1 fully saturated rings. The quantitative estimate of drug-likeness (QED) is 0.812. The van der Waals surface area contributed by atoms with E-state index in [1.165, 1.54) is 14.0 Å². The lowest BCUT2D eigenvalue weighted by atomic mass is 10.1. The van der Waals surface area contributed by atoms with Crippen molar-refractivity contribution in [3.8, 4) is 11.5 Å².